The van der Waals surface area contributed by atoms with Crippen LogP contribution >= 0.6 is 0 Å². The number of methoxy groups -OCH3 is 1. The number of nitrogens with zero attached hydrogens (tertiary/aromatic N) is 1. The summed E-state index contributed by atoms with van der Waals surface area (Å²) in [5, 5.41) is 10.1. The van der Waals surface area contributed by atoms with Gasteiger partial charge in [-0.1, -0.05) is 32.9 Å². The first-order chi connectivity index (χ1) is 10.3. The van der Waals surface area contributed by atoms with Crippen molar-refractivity contribution in [2.24, 2.45) is 5.41 Å². The molecule has 7 nitrogen and oxygen atoms in total. The van der Waals surface area contributed by atoms with Crippen LogP contribution in [0.5, 0.6) is 5.75 Å². The van der Waals surface area contributed by atoms with Gasteiger partial charge in [0.25, 0.3) is 0 Å². The number of para-hydroxylation sites is 2. The number of ether oxygens (including phenoxy) is 2. The fraction of sp³-hybridized carbons (Fsp3) is 0.467. The van der Waals surface area contributed by atoms with Crippen LogP contribution in [0.4, 0.5) is 10.5 Å². The van der Waals surface area contributed by atoms with E-state index in [9.17, 15) is 14.7 Å². The summed E-state index contributed by atoms with van der Waals surface area (Å²) in [4.78, 5) is 23.5. The second kappa shape index (κ2) is 7.65. The number of hydrazine groups is 1. The van der Waals surface area contributed by atoms with Crippen molar-refractivity contribution in [3.63, 3.8) is 0 Å². The maximum absolute atomic E-state index is 12.0. The van der Waals surface area contributed by atoms with Crippen molar-refractivity contribution < 1.29 is 24.2 Å². The summed E-state index contributed by atoms with van der Waals surface area (Å²) >= 11 is 0. The minimum Gasteiger partial charge on any atom is -0.489 e. The van der Waals surface area contributed by atoms with E-state index in [1.165, 1.54) is 0 Å². The van der Waals surface area contributed by atoms with Gasteiger partial charge in [-0.2, -0.15) is 5.01 Å². The Hall–Kier alpha value is -2.28. The molecule has 0 aromatic heterocycles. The summed E-state index contributed by atoms with van der Waals surface area (Å²) in [5.41, 5.74) is 1.90. The quantitative estimate of drug-likeness (QED) is 0.643. The second-order valence-corrected chi connectivity index (χ2v) is 5.62. The van der Waals surface area contributed by atoms with Gasteiger partial charge < -0.3 is 14.6 Å². The Morgan fingerprint density at radius 2 is 1.86 bits per heavy atom. The van der Waals surface area contributed by atoms with Gasteiger partial charge in [0.15, 0.2) is 0 Å². The third-order valence-corrected chi connectivity index (χ3v) is 2.74. The molecule has 1 aromatic rings. The molecule has 0 saturated carbocycles. The van der Waals surface area contributed by atoms with Gasteiger partial charge in [0, 0.05) is 12.5 Å². The maximum Gasteiger partial charge on any atom is 0.431 e. The lowest BCUT2D eigenvalue weighted by Gasteiger charge is -2.26. The molecule has 0 spiro atoms. The first kappa shape index (κ1) is 17.8. The van der Waals surface area contributed by atoms with E-state index in [1.807, 2.05) is 0 Å². The molecule has 0 radical (unpaired) electrons. The Balaban J connectivity index is 3.01. The predicted molar refractivity (Wildman–Crippen MR) is 81.9 cm³/mol. The predicted octanol–water partition coefficient (Wildman–Crippen LogP) is 2.27. The molecule has 1 aromatic carbocycles. The minimum absolute atomic E-state index is 0.240. The lowest BCUT2D eigenvalue weighted by atomic mass is 9.96. The molecular formula is C15H22N2O5. The standard InChI is InChI=1S/C15H22N2O5/c1-15(2,3)13(18)16-17(14(19)20)11-7-5-6-8-12(11)22-10-9-21-4/h5-8H,9-10H2,1-4H3,(H,16,18)(H,19,20). The summed E-state index contributed by atoms with van der Waals surface area (Å²) in [5.74, 6) is -0.0715. The van der Waals surface area contributed by atoms with E-state index in [4.69, 9.17) is 9.47 Å². The van der Waals surface area contributed by atoms with Crippen LogP contribution in [-0.2, 0) is 9.53 Å². The summed E-state index contributed by atoms with van der Waals surface area (Å²) in [7, 11) is 1.54. The Kier molecular flexibility index (Phi) is 6.18. The van der Waals surface area contributed by atoms with E-state index in [-0.39, 0.29) is 12.3 Å². The molecule has 7 heteroatoms. The van der Waals surface area contributed by atoms with E-state index >= 15 is 0 Å². The molecule has 2 amide bonds. The highest BCUT2D eigenvalue weighted by molar-refractivity contribution is 5.93. The van der Waals surface area contributed by atoms with Crippen molar-refractivity contribution in [3.05, 3.63) is 24.3 Å². The zero-order valence-corrected chi connectivity index (χ0v) is 13.3. The van der Waals surface area contributed by atoms with Gasteiger partial charge in [-0.15, -0.1) is 0 Å². The molecule has 0 bridgehead atoms. The first-order valence-electron chi connectivity index (χ1n) is 6.82. The molecule has 1 rings (SSSR count). The summed E-state index contributed by atoms with van der Waals surface area (Å²) in [6.07, 6.45) is -1.31. The SMILES string of the molecule is COCCOc1ccccc1N(NC(=O)C(C)(C)C)C(=O)O. The van der Waals surface area contributed by atoms with Gasteiger partial charge in [0.05, 0.1) is 6.61 Å². The summed E-state index contributed by atoms with van der Waals surface area (Å²) in [6.45, 7) is 5.74. The highest BCUT2D eigenvalue weighted by Gasteiger charge is 2.27. The Morgan fingerprint density at radius 1 is 1.23 bits per heavy atom. The molecule has 0 aliphatic rings. The number of amides is 2. The Labute approximate surface area is 129 Å². The molecule has 122 valence electrons. The van der Waals surface area contributed by atoms with E-state index in [0.717, 1.165) is 5.01 Å². The molecule has 0 atom stereocenters. The fourth-order valence-electron chi connectivity index (χ4n) is 1.48. The van der Waals surface area contributed by atoms with Gasteiger partial charge in [0.2, 0.25) is 5.91 Å². The average Bonchev–Trinajstić information content (AvgIpc) is 2.44. The third kappa shape index (κ3) is 4.92. The zero-order chi connectivity index (χ0) is 16.8. The summed E-state index contributed by atoms with van der Waals surface area (Å²) < 4.78 is 10.4. The fourth-order valence-corrected chi connectivity index (χ4v) is 1.48. The van der Waals surface area contributed by atoms with Crippen molar-refractivity contribution in [2.45, 2.75) is 20.8 Å². The van der Waals surface area contributed by atoms with Crippen molar-refractivity contribution in [1.82, 2.24) is 5.43 Å². The highest BCUT2D eigenvalue weighted by Crippen LogP contribution is 2.27. The van der Waals surface area contributed by atoms with E-state index in [0.29, 0.717) is 12.4 Å². The van der Waals surface area contributed by atoms with Crippen LogP contribution in [-0.4, -0.2) is 37.4 Å². The first-order valence-corrected chi connectivity index (χ1v) is 6.82. The molecule has 0 unspecified atom stereocenters. The van der Waals surface area contributed by atoms with Gasteiger partial charge in [-0.25, -0.2) is 4.79 Å². The van der Waals surface area contributed by atoms with Crippen LogP contribution < -0.4 is 15.2 Å². The number of anilines is 1. The van der Waals surface area contributed by atoms with Crippen LogP contribution in [0.1, 0.15) is 20.8 Å². The van der Waals surface area contributed by atoms with Gasteiger partial charge in [-0.3, -0.25) is 10.2 Å². The van der Waals surface area contributed by atoms with Gasteiger partial charge in [0.1, 0.15) is 18.0 Å². The maximum atomic E-state index is 12.0. The molecule has 0 aliphatic heterocycles. The van der Waals surface area contributed by atoms with E-state index < -0.39 is 17.4 Å². The topological polar surface area (TPSA) is 88.1 Å². The Morgan fingerprint density at radius 3 is 2.41 bits per heavy atom. The van der Waals surface area contributed by atoms with E-state index in [2.05, 4.69) is 5.43 Å². The van der Waals surface area contributed by atoms with Crippen molar-refractivity contribution in [1.29, 1.82) is 0 Å². The molecule has 0 aliphatic carbocycles. The molecule has 22 heavy (non-hydrogen) atoms. The smallest absolute Gasteiger partial charge is 0.431 e. The lowest BCUT2D eigenvalue weighted by Crippen LogP contribution is -2.50. The minimum atomic E-state index is -1.31. The van der Waals surface area contributed by atoms with Crippen LogP contribution in [0, 0.1) is 5.41 Å². The lowest BCUT2D eigenvalue weighted by molar-refractivity contribution is -0.128. The number of nitrogens with one attached hydrogen (secondary N) is 1. The number of carbonyl (C=O) groups is 2. The molecule has 0 heterocycles. The van der Waals surface area contributed by atoms with Crippen molar-refractivity contribution >= 4 is 17.7 Å². The van der Waals surface area contributed by atoms with Crippen LogP contribution in [0.3, 0.4) is 0 Å². The van der Waals surface area contributed by atoms with Gasteiger partial charge >= 0.3 is 6.09 Å². The molecular weight excluding hydrogens is 288 g/mol. The highest BCUT2D eigenvalue weighted by atomic mass is 16.5. The molecule has 2 N–H and O–H groups in total. The largest absolute Gasteiger partial charge is 0.489 e. The summed E-state index contributed by atoms with van der Waals surface area (Å²) in [6, 6.07) is 6.57. The number of carbonyl (C=O) groups excluding carboxylic acids is 1. The second-order valence-electron chi connectivity index (χ2n) is 5.62. The van der Waals surface area contributed by atoms with E-state index in [1.54, 1.807) is 52.1 Å². The Bertz CT molecular complexity index is 525. The number of benzene rings is 1. The monoisotopic (exact) mass is 310 g/mol. The molecule has 0 fully saturated rings. The number of carboxylic acid groups (broad SMARTS) is 1. The van der Waals surface area contributed by atoms with Crippen molar-refractivity contribution in [3.8, 4) is 5.75 Å². The number of hydrogen-bond donors (Lipinski definition) is 2. The third-order valence-electron chi connectivity index (χ3n) is 2.74. The van der Waals surface area contributed by atoms with Crippen LogP contribution in [0.15, 0.2) is 24.3 Å². The number of rotatable bonds is 5. The van der Waals surface area contributed by atoms with Crippen LogP contribution in [0.2, 0.25) is 0 Å². The zero-order valence-electron chi connectivity index (χ0n) is 13.3. The molecule has 0 saturated heterocycles. The van der Waals surface area contributed by atoms with Crippen LogP contribution in [0.25, 0.3) is 0 Å². The van der Waals surface area contributed by atoms with Gasteiger partial charge in [-0.05, 0) is 12.1 Å². The van der Waals surface area contributed by atoms with Crippen molar-refractivity contribution in [2.75, 3.05) is 25.3 Å². The number of hydrogen-bond acceptors (Lipinski definition) is 4. The normalized spacial score (nSPS) is 10.9. The average molecular weight is 310 g/mol.